The summed E-state index contributed by atoms with van der Waals surface area (Å²) in [5.74, 6) is 0.563. The summed E-state index contributed by atoms with van der Waals surface area (Å²) in [6, 6.07) is 6.19. The molecule has 0 aliphatic carbocycles. The fourth-order valence-corrected chi connectivity index (χ4v) is 1.63. The Hall–Kier alpha value is -1.55. The van der Waals surface area contributed by atoms with Gasteiger partial charge in [0, 0.05) is 6.54 Å². The van der Waals surface area contributed by atoms with Gasteiger partial charge >= 0.3 is 0 Å². The van der Waals surface area contributed by atoms with E-state index in [9.17, 15) is 9.90 Å². The molecule has 4 heteroatoms. The Bertz CT molecular complexity index is 438. The van der Waals surface area contributed by atoms with Crippen molar-refractivity contribution in [3.05, 3.63) is 29.8 Å². The number of hydrogen-bond acceptors (Lipinski definition) is 3. The average molecular weight is 278 g/mol. The number of phenolic OH excluding ortho intramolecular Hbond substituents is 1. The largest absolute Gasteiger partial charge is 0.508 e. The Labute approximate surface area is 121 Å². The molecule has 1 rings (SSSR count). The molecule has 0 heterocycles. The normalized spacial score (nSPS) is 13.3. The van der Waals surface area contributed by atoms with E-state index in [1.54, 1.807) is 24.3 Å². The lowest BCUT2D eigenvalue weighted by atomic mass is 9.81. The van der Waals surface area contributed by atoms with Crippen LogP contribution in [0.25, 0.3) is 0 Å². The molecule has 1 atom stereocenters. The van der Waals surface area contributed by atoms with Crippen LogP contribution in [0.1, 0.15) is 33.3 Å². The Morgan fingerprint density at radius 1 is 1.30 bits per heavy atom. The molecule has 4 nitrogen and oxygen atoms in total. The third-order valence-corrected chi connectivity index (χ3v) is 4.01. The third-order valence-electron chi connectivity index (χ3n) is 4.01. The standard InChI is InChI=1S/C16H26N2O2/c1-11(2)16(3,4)10-18-15(20)14(17)9-12-5-7-13(19)8-6-12/h5-8,11,14,19H,9-10,17H2,1-4H3,(H,18,20)/t14-/m1/s1. The molecule has 0 radical (unpaired) electrons. The highest BCUT2D eigenvalue weighted by Gasteiger charge is 2.24. The van der Waals surface area contributed by atoms with Gasteiger partial charge in [-0.05, 0) is 35.4 Å². The number of carbonyl (C=O) groups is 1. The first-order valence-electron chi connectivity index (χ1n) is 7.03. The molecule has 0 bridgehead atoms. The number of nitrogens with two attached hydrogens (primary N) is 1. The Balaban J connectivity index is 2.49. The van der Waals surface area contributed by atoms with Gasteiger partial charge in [0.1, 0.15) is 5.75 Å². The minimum atomic E-state index is -0.567. The fourth-order valence-electron chi connectivity index (χ4n) is 1.63. The number of carbonyl (C=O) groups excluding carboxylic acids is 1. The van der Waals surface area contributed by atoms with Gasteiger partial charge < -0.3 is 16.2 Å². The van der Waals surface area contributed by atoms with Crippen molar-refractivity contribution in [2.75, 3.05) is 6.54 Å². The third kappa shape index (κ3) is 4.85. The summed E-state index contributed by atoms with van der Waals surface area (Å²) in [6.45, 7) is 9.16. The molecule has 0 aliphatic heterocycles. The number of rotatable bonds is 6. The number of aromatic hydroxyl groups is 1. The quantitative estimate of drug-likeness (QED) is 0.745. The van der Waals surface area contributed by atoms with Crippen molar-refractivity contribution in [3.8, 4) is 5.75 Å². The molecule has 1 aromatic rings. The van der Waals surface area contributed by atoms with Crippen LogP contribution < -0.4 is 11.1 Å². The summed E-state index contributed by atoms with van der Waals surface area (Å²) < 4.78 is 0. The SMILES string of the molecule is CC(C)C(C)(C)CNC(=O)[C@H](N)Cc1ccc(O)cc1. The van der Waals surface area contributed by atoms with Crippen LogP contribution in [-0.2, 0) is 11.2 Å². The van der Waals surface area contributed by atoms with E-state index >= 15 is 0 Å². The maximum atomic E-state index is 12.0. The second-order valence-corrected chi connectivity index (χ2v) is 6.34. The number of amides is 1. The maximum absolute atomic E-state index is 12.0. The lowest BCUT2D eigenvalue weighted by molar-refractivity contribution is -0.122. The van der Waals surface area contributed by atoms with Gasteiger partial charge in [-0.3, -0.25) is 4.79 Å². The smallest absolute Gasteiger partial charge is 0.237 e. The number of benzene rings is 1. The molecular weight excluding hydrogens is 252 g/mol. The van der Waals surface area contributed by atoms with Gasteiger partial charge in [-0.1, -0.05) is 39.8 Å². The second kappa shape index (κ2) is 6.75. The first-order chi connectivity index (χ1) is 9.22. The van der Waals surface area contributed by atoms with Gasteiger partial charge in [0.15, 0.2) is 0 Å². The zero-order chi connectivity index (χ0) is 15.3. The predicted molar refractivity (Wildman–Crippen MR) is 81.4 cm³/mol. The molecule has 20 heavy (non-hydrogen) atoms. The fraction of sp³-hybridized carbons (Fsp3) is 0.562. The number of phenols is 1. The molecule has 0 fully saturated rings. The highest BCUT2D eigenvalue weighted by molar-refractivity contribution is 5.81. The van der Waals surface area contributed by atoms with Crippen molar-refractivity contribution in [1.82, 2.24) is 5.32 Å². The topological polar surface area (TPSA) is 75.4 Å². The molecular formula is C16H26N2O2. The average Bonchev–Trinajstić information content (AvgIpc) is 2.38. The molecule has 4 N–H and O–H groups in total. The van der Waals surface area contributed by atoms with Crippen LogP contribution in [0.3, 0.4) is 0 Å². The predicted octanol–water partition coefficient (Wildman–Crippen LogP) is 2.06. The highest BCUT2D eigenvalue weighted by atomic mass is 16.3. The molecule has 0 spiro atoms. The minimum absolute atomic E-state index is 0.0495. The maximum Gasteiger partial charge on any atom is 0.237 e. The van der Waals surface area contributed by atoms with Crippen molar-refractivity contribution in [3.63, 3.8) is 0 Å². The summed E-state index contributed by atoms with van der Waals surface area (Å²) in [5, 5.41) is 12.1. The van der Waals surface area contributed by atoms with Crippen molar-refractivity contribution >= 4 is 5.91 Å². The summed E-state index contributed by atoms with van der Waals surface area (Å²) in [6.07, 6.45) is 0.466. The van der Waals surface area contributed by atoms with E-state index in [0.29, 0.717) is 18.9 Å². The van der Waals surface area contributed by atoms with Crippen LogP contribution in [-0.4, -0.2) is 23.6 Å². The summed E-state index contributed by atoms with van der Waals surface area (Å²) in [5.41, 5.74) is 6.91. The van der Waals surface area contributed by atoms with E-state index in [2.05, 4.69) is 33.0 Å². The number of nitrogens with one attached hydrogen (secondary N) is 1. The van der Waals surface area contributed by atoms with Gasteiger partial charge in [-0.2, -0.15) is 0 Å². The second-order valence-electron chi connectivity index (χ2n) is 6.34. The molecule has 0 saturated carbocycles. The van der Waals surface area contributed by atoms with Gasteiger partial charge in [0.2, 0.25) is 5.91 Å². The zero-order valence-electron chi connectivity index (χ0n) is 12.8. The number of hydrogen-bond donors (Lipinski definition) is 3. The molecule has 0 aromatic heterocycles. The molecule has 1 aromatic carbocycles. The Kier molecular flexibility index (Phi) is 5.57. The van der Waals surface area contributed by atoms with Crippen LogP contribution in [0.15, 0.2) is 24.3 Å². The lowest BCUT2D eigenvalue weighted by Gasteiger charge is -2.29. The van der Waals surface area contributed by atoms with E-state index in [1.165, 1.54) is 0 Å². The lowest BCUT2D eigenvalue weighted by Crippen LogP contribution is -2.46. The first-order valence-corrected chi connectivity index (χ1v) is 7.03. The van der Waals surface area contributed by atoms with E-state index in [-0.39, 0.29) is 17.1 Å². The Morgan fingerprint density at radius 3 is 2.35 bits per heavy atom. The zero-order valence-corrected chi connectivity index (χ0v) is 12.8. The van der Waals surface area contributed by atoms with Crippen molar-refractivity contribution in [2.24, 2.45) is 17.1 Å². The van der Waals surface area contributed by atoms with Crippen LogP contribution in [0, 0.1) is 11.3 Å². The van der Waals surface area contributed by atoms with E-state index < -0.39 is 6.04 Å². The van der Waals surface area contributed by atoms with Crippen LogP contribution >= 0.6 is 0 Å². The molecule has 0 aliphatic rings. The van der Waals surface area contributed by atoms with E-state index in [1.807, 2.05) is 0 Å². The van der Waals surface area contributed by atoms with E-state index in [4.69, 9.17) is 5.73 Å². The molecule has 1 amide bonds. The van der Waals surface area contributed by atoms with Crippen molar-refractivity contribution < 1.29 is 9.90 Å². The van der Waals surface area contributed by atoms with Crippen LogP contribution in [0.5, 0.6) is 5.75 Å². The van der Waals surface area contributed by atoms with Crippen LogP contribution in [0.2, 0.25) is 0 Å². The van der Waals surface area contributed by atoms with Crippen molar-refractivity contribution in [1.29, 1.82) is 0 Å². The summed E-state index contributed by atoms with van der Waals surface area (Å²) in [7, 11) is 0. The van der Waals surface area contributed by atoms with Gasteiger partial charge in [-0.25, -0.2) is 0 Å². The highest BCUT2D eigenvalue weighted by Crippen LogP contribution is 2.24. The first kappa shape index (κ1) is 16.5. The summed E-state index contributed by atoms with van der Waals surface area (Å²) in [4.78, 5) is 12.0. The summed E-state index contributed by atoms with van der Waals surface area (Å²) >= 11 is 0. The minimum Gasteiger partial charge on any atom is -0.508 e. The van der Waals surface area contributed by atoms with Crippen LogP contribution in [0.4, 0.5) is 0 Å². The monoisotopic (exact) mass is 278 g/mol. The van der Waals surface area contributed by atoms with Crippen molar-refractivity contribution in [2.45, 2.75) is 40.2 Å². The molecule has 0 unspecified atom stereocenters. The molecule has 0 saturated heterocycles. The van der Waals surface area contributed by atoms with Gasteiger partial charge in [0.05, 0.1) is 6.04 Å². The molecule has 112 valence electrons. The van der Waals surface area contributed by atoms with Gasteiger partial charge in [-0.15, -0.1) is 0 Å². The Morgan fingerprint density at radius 2 is 1.85 bits per heavy atom. The van der Waals surface area contributed by atoms with E-state index in [0.717, 1.165) is 5.56 Å². The van der Waals surface area contributed by atoms with Gasteiger partial charge in [0.25, 0.3) is 0 Å².